The van der Waals surface area contributed by atoms with Crippen molar-refractivity contribution >= 4 is 5.96 Å². The second-order valence-electron chi connectivity index (χ2n) is 7.18. The number of aryl methyl sites for hydroxylation is 1. The summed E-state index contributed by atoms with van der Waals surface area (Å²) in [7, 11) is 3.49. The van der Waals surface area contributed by atoms with Crippen molar-refractivity contribution in [2.75, 3.05) is 47.1 Å². The Hall–Kier alpha value is -1.79. The maximum atomic E-state index is 5.86. The molecular weight excluding hydrogens is 342 g/mol. The molecule has 0 amide bonds. The summed E-state index contributed by atoms with van der Waals surface area (Å²) in [6.45, 7) is 8.46. The average Bonchev–Trinajstić information content (AvgIpc) is 3.44. The molecule has 0 spiro atoms. The van der Waals surface area contributed by atoms with Crippen LogP contribution in [0.2, 0.25) is 0 Å². The van der Waals surface area contributed by atoms with Crippen LogP contribution in [0.1, 0.15) is 37.3 Å². The third-order valence-electron chi connectivity index (χ3n) is 5.01. The minimum absolute atomic E-state index is 0.380. The number of nitrogens with one attached hydrogen (secondary N) is 2. The SMILES string of the molecule is CCOCCC1(CNC(=NC)NCc2ccc(C)cc2OCCOC)CC1. The Morgan fingerprint density at radius 2 is 2.00 bits per heavy atom. The predicted octanol–water partition coefficient (Wildman–Crippen LogP) is 2.89. The average molecular weight is 378 g/mol. The van der Waals surface area contributed by atoms with Crippen molar-refractivity contribution in [1.82, 2.24) is 10.6 Å². The van der Waals surface area contributed by atoms with Gasteiger partial charge in [0.2, 0.25) is 0 Å². The Balaban J connectivity index is 1.83. The number of ether oxygens (including phenoxy) is 3. The third-order valence-corrected chi connectivity index (χ3v) is 5.01. The number of hydrogen-bond acceptors (Lipinski definition) is 4. The Morgan fingerprint density at radius 1 is 1.19 bits per heavy atom. The lowest BCUT2D eigenvalue weighted by molar-refractivity contribution is 0.128. The molecule has 0 atom stereocenters. The van der Waals surface area contributed by atoms with Gasteiger partial charge in [0.25, 0.3) is 0 Å². The monoisotopic (exact) mass is 377 g/mol. The molecule has 2 rings (SSSR count). The zero-order valence-electron chi connectivity index (χ0n) is 17.3. The lowest BCUT2D eigenvalue weighted by atomic mass is 10.0. The first-order valence-electron chi connectivity index (χ1n) is 9.86. The van der Waals surface area contributed by atoms with E-state index in [4.69, 9.17) is 14.2 Å². The topological polar surface area (TPSA) is 64.1 Å². The molecule has 27 heavy (non-hydrogen) atoms. The van der Waals surface area contributed by atoms with Crippen LogP contribution in [0, 0.1) is 12.3 Å². The van der Waals surface area contributed by atoms with Crippen LogP contribution in [0.3, 0.4) is 0 Å². The van der Waals surface area contributed by atoms with Gasteiger partial charge in [-0.25, -0.2) is 0 Å². The summed E-state index contributed by atoms with van der Waals surface area (Å²) in [5, 5.41) is 6.88. The molecule has 1 aliphatic rings. The molecule has 0 heterocycles. The highest BCUT2D eigenvalue weighted by Crippen LogP contribution is 2.48. The van der Waals surface area contributed by atoms with E-state index < -0.39 is 0 Å². The Kier molecular flexibility index (Phi) is 8.88. The van der Waals surface area contributed by atoms with Gasteiger partial charge >= 0.3 is 0 Å². The molecule has 1 saturated carbocycles. The van der Waals surface area contributed by atoms with E-state index in [1.54, 1.807) is 14.2 Å². The standard InChI is InChI=1S/C21H35N3O3/c1-5-26-11-10-21(8-9-21)16-24-20(22-3)23-15-18-7-6-17(2)14-19(18)27-13-12-25-4/h6-7,14H,5,8-13,15-16H2,1-4H3,(H2,22,23,24). The van der Waals surface area contributed by atoms with Crippen LogP contribution in [0.5, 0.6) is 5.75 Å². The Morgan fingerprint density at radius 3 is 2.67 bits per heavy atom. The van der Waals surface area contributed by atoms with Crippen LogP contribution >= 0.6 is 0 Å². The zero-order valence-corrected chi connectivity index (χ0v) is 17.3. The summed E-state index contributed by atoms with van der Waals surface area (Å²) >= 11 is 0. The van der Waals surface area contributed by atoms with Crippen LogP contribution in [-0.2, 0) is 16.0 Å². The van der Waals surface area contributed by atoms with E-state index in [0.717, 1.165) is 43.5 Å². The van der Waals surface area contributed by atoms with Crippen molar-refractivity contribution < 1.29 is 14.2 Å². The molecule has 1 aromatic carbocycles. The van der Waals surface area contributed by atoms with Gasteiger partial charge in [-0.2, -0.15) is 0 Å². The van der Waals surface area contributed by atoms with Crippen LogP contribution in [0.25, 0.3) is 0 Å². The van der Waals surface area contributed by atoms with Crippen molar-refractivity contribution in [3.63, 3.8) is 0 Å². The van der Waals surface area contributed by atoms with E-state index in [-0.39, 0.29) is 0 Å². The van der Waals surface area contributed by atoms with E-state index in [1.807, 2.05) is 6.92 Å². The highest BCUT2D eigenvalue weighted by Gasteiger charge is 2.41. The van der Waals surface area contributed by atoms with E-state index in [9.17, 15) is 0 Å². The highest BCUT2D eigenvalue weighted by molar-refractivity contribution is 5.79. The first-order valence-corrected chi connectivity index (χ1v) is 9.86. The number of benzene rings is 1. The van der Waals surface area contributed by atoms with Gasteiger partial charge in [-0.1, -0.05) is 12.1 Å². The molecule has 1 aliphatic carbocycles. The van der Waals surface area contributed by atoms with Crippen LogP contribution in [-0.4, -0.2) is 53.1 Å². The summed E-state index contributed by atoms with van der Waals surface area (Å²) < 4.78 is 16.5. The van der Waals surface area contributed by atoms with Gasteiger partial charge in [0.05, 0.1) is 6.61 Å². The first kappa shape index (κ1) is 21.5. The van der Waals surface area contributed by atoms with Crippen molar-refractivity contribution in [1.29, 1.82) is 0 Å². The van der Waals surface area contributed by atoms with Crippen molar-refractivity contribution in [3.8, 4) is 5.75 Å². The van der Waals surface area contributed by atoms with Crippen molar-refractivity contribution in [2.45, 2.75) is 39.7 Å². The summed E-state index contributed by atoms with van der Waals surface area (Å²) in [5.74, 6) is 1.71. The smallest absolute Gasteiger partial charge is 0.191 e. The van der Waals surface area contributed by atoms with E-state index in [1.165, 1.54) is 18.4 Å². The van der Waals surface area contributed by atoms with E-state index in [2.05, 4.69) is 40.7 Å². The zero-order chi connectivity index (χ0) is 19.5. The Bertz CT molecular complexity index is 600. The van der Waals surface area contributed by atoms with Crippen LogP contribution in [0.4, 0.5) is 0 Å². The second kappa shape index (κ2) is 11.1. The minimum Gasteiger partial charge on any atom is -0.491 e. The van der Waals surface area contributed by atoms with Gasteiger partial charge in [-0.15, -0.1) is 0 Å². The molecule has 0 aromatic heterocycles. The summed E-state index contributed by atoms with van der Waals surface area (Å²) in [6.07, 6.45) is 3.64. The molecule has 0 radical (unpaired) electrons. The number of rotatable bonds is 12. The third kappa shape index (κ3) is 7.39. The molecule has 152 valence electrons. The lowest BCUT2D eigenvalue weighted by Gasteiger charge is -2.19. The summed E-state index contributed by atoms with van der Waals surface area (Å²) in [6, 6.07) is 6.27. The van der Waals surface area contributed by atoms with Gasteiger partial charge in [0.15, 0.2) is 5.96 Å². The van der Waals surface area contributed by atoms with Gasteiger partial charge in [0, 0.05) is 46.0 Å². The fourth-order valence-electron chi connectivity index (χ4n) is 2.97. The largest absolute Gasteiger partial charge is 0.491 e. The number of hydrogen-bond donors (Lipinski definition) is 2. The van der Waals surface area contributed by atoms with E-state index in [0.29, 0.717) is 25.2 Å². The van der Waals surface area contributed by atoms with E-state index >= 15 is 0 Å². The fourth-order valence-corrected chi connectivity index (χ4v) is 2.97. The molecule has 0 saturated heterocycles. The lowest BCUT2D eigenvalue weighted by Crippen LogP contribution is -2.40. The van der Waals surface area contributed by atoms with Gasteiger partial charge < -0.3 is 24.8 Å². The first-order chi connectivity index (χ1) is 13.1. The number of methoxy groups -OCH3 is 1. The number of guanidine groups is 1. The van der Waals surface area contributed by atoms with Gasteiger partial charge in [-0.05, 0) is 50.2 Å². The van der Waals surface area contributed by atoms with Crippen LogP contribution in [0.15, 0.2) is 23.2 Å². The number of nitrogens with zero attached hydrogens (tertiary/aromatic N) is 1. The molecule has 1 fully saturated rings. The minimum atomic E-state index is 0.380. The summed E-state index contributed by atoms with van der Waals surface area (Å²) in [4.78, 5) is 4.36. The fraction of sp³-hybridized carbons (Fsp3) is 0.667. The molecule has 0 unspecified atom stereocenters. The van der Waals surface area contributed by atoms with Crippen molar-refractivity contribution in [3.05, 3.63) is 29.3 Å². The van der Waals surface area contributed by atoms with Crippen molar-refractivity contribution in [2.24, 2.45) is 10.4 Å². The molecule has 1 aromatic rings. The predicted molar refractivity (Wildman–Crippen MR) is 110 cm³/mol. The maximum Gasteiger partial charge on any atom is 0.191 e. The molecule has 0 bridgehead atoms. The summed E-state index contributed by atoms with van der Waals surface area (Å²) in [5.41, 5.74) is 2.67. The van der Waals surface area contributed by atoms with Gasteiger partial charge in [-0.3, -0.25) is 4.99 Å². The molecule has 2 N–H and O–H groups in total. The molecule has 0 aliphatic heterocycles. The molecule has 6 heteroatoms. The quantitative estimate of drug-likeness (QED) is 0.333. The normalized spacial score (nSPS) is 15.5. The molecular formula is C21H35N3O3. The van der Waals surface area contributed by atoms with Crippen LogP contribution < -0.4 is 15.4 Å². The van der Waals surface area contributed by atoms with Gasteiger partial charge in [0.1, 0.15) is 12.4 Å². The Labute approximate surface area is 163 Å². The second-order valence-corrected chi connectivity index (χ2v) is 7.18. The number of aliphatic imine (C=N–C) groups is 1. The highest BCUT2D eigenvalue weighted by atomic mass is 16.5. The maximum absolute atomic E-state index is 5.86. The molecule has 6 nitrogen and oxygen atoms in total.